The molecule has 0 bridgehead atoms. The van der Waals surface area contributed by atoms with E-state index < -0.39 is 12.1 Å². The van der Waals surface area contributed by atoms with Crippen LogP contribution in [0, 0.1) is 0 Å². The molecule has 1 amide bonds. The van der Waals surface area contributed by atoms with Crippen LogP contribution in [-0.4, -0.2) is 34.9 Å². The van der Waals surface area contributed by atoms with Gasteiger partial charge in [0, 0.05) is 6.42 Å². The van der Waals surface area contributed by atoms with E-state index in [9.17, 15) is 15.0 Å². The molecule has 41 heavy (non-hydrogen) atoms. The highest BCUT2D eigenvalue weighted by atomic mass is 16.3. The van der Waals surface area contributed by atoms with E-state index in [1.165, 1.54) is 25.7 Å². The van der Waals surface area contributed by atoms with E-state index in [1.807, 2.05) is 12.2 Å². The number of carbonyl (C=O) groups excluding carboxylic acids is 1. The molecule has 0 aliphatic rings. The first-order valence-corrected chi connectivity index (χ1v) is 16.0. The number of aliphatic hydroxyl groups is 2. The molecule has 0 aliphatic heterocycles. The third-order valence-electron chi connectivity index (χ3n) is 6.31. The summed E-state index contributed by atoms with van der Waals surface area (Å²) in [6.07, 6.45) is 47.8. The Morgan fingerprint density at radius 2 is 1.10 bits per heavy atom. The Morgan fingerprint density at radius 1 is 0.610 bits per heavy atom. The maximum atomic E-state index is 12.2. The van der Waals surface area contributed by atoms with Gasteiger partial charge in [-0.2, -0.15) is 0 Å². The molecular formula is C37H59NO3. The van der Waals surface area contributed by atoms with Gasteiger partial charge in [-0.15, -0.1) is 0 Å². The fourth-order valence-corrected chi connectivity index (χ4v) is 3.86. The van der Waals surface area contributed by atoms with Crippen LogP contribution in [0.25, 0.3) is 0 Å². The van der Waals surface area contributed by atoms with Crippen molar-refractivity contribution >= 4 is 5.91 Å². The summed E-state index contributed by atoms with van der Waals surface area (Å²) in [4.78, 5) is 12.2. The first kappa shape index (κ1) is 38.3. The van der Waals surface area contributed by atoms with E-state index >= 15 is 0 Å². The van der Waals surface area contributed by atoms with Crippen molar-refractivity contribution in [2.45, 2.75) is 122 Å². The molecule has 4 nitrogen and oxygen atoms in total. The van der Waals surface area contributed by atoms with E-state index in [0.717, 1.165) is 57.8 Å². The zero-order valence-electron chi connectivity index (χ0n) is 26.0. The molecular weight excluding hydrogens is 506 g/mol. The summed E-state index contributed by atoms with van der Waals surface area (Å²) < 4.78 is 0. The summed E-state index contributed by atoms with van der Waals surface area (Å²) in [5, 5.41) is 22.6. The highest BCUT2D eigenvalue weighted by Gasteiger charge is 2.17. The van der Waals surface area contributed by atoms with Crippen LogP contribution in [-0.2, 0) is 4.79 Å². The quantitative estimate of drug-likeness (QED) is 0.0723. The lowest BCUT2D eigenvalue weighted by Crippen LogP contribution is -2.45. The SMILES string of the molecule is CC/C=C\C/C=C\C/C=C\C/C=C\C/C=C\C/C=C\CCC(=O)NC(CO)C(O)/C=C/CC/C=C/CCCCCC. The fraction of sp³-hybridized carbons (Fsp3) is 0.541. The lowest BCUT2D eigenvalue weighted by atomic mass is 10.1. The third kappa shape index (κ3) is 28.6. The molecule has 3 N–H and O–H groups in total. The smallest absolute Gasteiger partial charge is 0.220 e. The van der Waals surface area contributed by atoms with Crippen molar-refractivity contribution in [3.05, 3.63) is 97.2 Å². The Morgan fingerprint density at radius 3 is 1.63 bits per heavy atom. The Bertz CT molecular complexity index is 829. The molecule has 4 heteroatoms. The third-order valence-corrected chi connectivity index (χ3v) is 6.31. The molecule has 0 radical (unpaired) electrons. The average molecular weight is 566 g/mol. The largest absolute Gasteiger partial charge is 0.394 e. The number of hydrogen-bond donors (Lipinski definition) is 3. The van der Waals surface area contributed by atoms with Gasteiger partial charge in [0.1, 0.15) is 0 Å². The number of nitrogens with one attached hydrogen (secondary N) is 1. The topological polar surface area (TPSA) is 69.6 Å². The zero-order chi connectivity index (χ0) is 30.1. The summed E-state index contributed by atoms with van der Waals surface area (Å²) in [6, 6.07) is -0.682. The Hall–Kier alpha value is -2.69. The van der Waals surface area contributed by atoms with Crippen LogP contribution in [0.15, 0.2) is 97.2 Å². The van der Waals surface area contributed by atoms with Crippen LogP contribution in [0.3, 0.4) is 0 Å². The maximum absolute atomic E-state index is 12.2. The Kier molecular flexibility index (Phi) is 29.7. The van der Waals surface area contributed by atoms with Crippen molar-refractivity contribution in [1.82, 2.24) is 5.32 Å². The number of allylic oxidation sites excluding steroid dienone is 15. The molecule has 2 atom stereocenters. The summed E-state index contributed by atoms with van der Waals surface area (Å²) in [5.41, 5.74) is 0. The summed E-state index contributed by atoms with van der Waals surface area (Å²) in [6.45, 7) is 4.07. The van der Waals surface area contributed by atoms with Crippen LogP contribution < -0.4 is 5.32 Å². The minimum atomic E-state index is -0.896. The normalized spacial score (nSPS) is 14.5. The van der Waals surface area contributed by atoms with E-state index in [2.05, 4.69) is 98.2 Å². The molecule has 0 spiro atoms. The molecule has 0 saturated carbocycles. The van der Waals surface area contributed by atoms with Crippen LogP contribution in [0.1, 0.15) is 110 Å². The van der Waals surface area contributed by atoms with Gasteiger partial charge in [0.2, 0.25) is 5.91 Å². The van der Waals surface area contributed by atoms with E-state index in [0.29, 0.717) is 12.8 Å². The second-order valence-corrected chi connectivity index (χ2v) is 10.1. The number of rotatable bonds is 26. The molecule has 0 saturated heterocycles. The minimum Gasteiger partial charge on any atom is -0.394 e. The van der Waals surface area contributed by atoms with Crippen LogP contribution in [0.5, 0.6) is 0 Å². The lowest BCUT2D eigenvalue weighted by Gasteiger charge is -2.19. The van der Waals surface area contributed by atoms with Gasteiger partial charge in [-0.25, -0.2) is 0 Å². The second-order valence-electron chi connectivity index (χ2n) is 10.1. The van der Waals surface area contributed by atoms with Gasteiger partial charge in [0.25, 0.3) is 0 Å². The second kappa shape index (κ2) is 31.8. The summed E-state index contributed by atoms with van der Waals surface area (Å²) in [5.74, 6) is -0.165. The highest BCUT2D eigenvalue weighted by molar-refractivity contribution is 5.76. The molecule has 0 aromatic carbocycles. The van der Waals surface area contributed by atoms with Crippen LogP contribution in [0.2, 0.25) is 0 Å². The zero-order valence-corrected chi connectivity index (χ0v) is 26.0. The van der Waals surface area contributed by atoms with Crippen molar-refractivity contribution in [2.75, 3.05) is 6.61 Å². The van der Waals surface area contributed by atoms with Gasteiger partial charge >= 0.3 is 0 Å². The van der Waals surface area contributed by atoms with Gasteiger partial charge in [0.15, 0.2) is 0 Å². The predicted molar refractivity (Wildman–Crippen MR) is 179 cm³/mol. The number of carbonyl (C=O) groups is 1. The van der Waals surface area contributed by atoms with Gasteiger partial charge in [0.05, 0.1) is 18.8 Å². The summed E-state index contributed by atoms with van der Waals surface area (Å²) >= 11 is 0. The number of amides is 1. The highest BCUT2D eigenvalue weighted by Crippen LogP contribution is 2.05. The standard InChI is InChI=1S/C37H59NO3/c1-3-5-7-9-11-13-15-16-17-18-19-20-21-22-23-25-27-29-31-33-37(41)38-35(34-39)36(40)32-30-28-26-24-14-12-10-8-6-4-2/h5,7,11,13-14,16-17,19-20,22-24,27,29-30,32,35-36,39-40H,3-4,6,8-10,12,15,18,21,25-26,28,31,33-34H2,1-2H3,(H,38,41)/b7-5-,13-11-,17-16-,20-19-,23-22-,24-14+,29-27-,32-30+. The van der Waals surface area contributed by atoms with Gasteiger partial charge in [-0.3, -0.25) is 4.79 Å². The van der Waals surface area contributed by atoms with E-state index in [-0.39, 0.29) is 12.5 Å². The molecule has 0 fully saturated rings. The van der Waals surface area contributed by atoms with Crippen molar-refractivity contribution in [2.24, 2.45) is 0 Å². The van der Waals surface area contributed by atoms with Crippen molar-refractivity contribution in [1.29, 1.82) is 0 Å². The first-order chi connectivity index (χ1) is 20.2. The Labute approximate surface area is 252 Å². The maximum Gasteiger partial charge on any atom is 0.220 e. The Balaban J connectivity index is 3.92. The van der Waals surface area contributed by atoms with Gasteiger partial charge < -0.3 is 15.5 Å². The number of aliphatic hydroxyl groups excluding tert-OH is 2. The van der Waals surface area contributed by atoms with Crippen molar-refractivity contribution in [3.63, 3.8) is 0 Å². The van der Waals surface area contributed by atoms with E-state index in [1.54, 1.807) is 6.08 Å². The van der Waals surface area contributed by atoms with E-state index in [4.69, 9.17) is 0 Å². The molecule has 0 aliphatic carbocycles. The molecule has 0 aromatic rings. The van der Waals surface area contributed by atoms with Gasteiger partial charge in [-0.05, 0) is 70.6 Å². The number of unbranched alkanes of at least 4 members (excludes halogenated alkanes) is 5. The predicted octanol–water partition coefficient (Wildman–Crippen LogP) is 9.17. The molecule has 0 heterocycles. The van der Waals surface area contributed by atoms with Crippen LogP contribution >= 0.6 is 0 Å². The molecule has 0 aromatic heterocycles. The average Bonchev–Trinajstić information content (AvgIpc) is 2.97. The minimum absolute atomic E-state index is 0.165. The van der Waals surface area contributed by atoms with Crippen LogP contribution in [0.4, 0.5) is 0 Å². The summed E-state index contributed by atoms with van der Waals surface area (Å²) in [7, 11) is 0. The lowest BCUT2D eigenvalue weighted by molar-refractivity contribution is -0.122. The fourth-order valence-electron chi connectivity index (χ4n) is 3.86. The molecule has 0 rings (SSSR count). The van der Waals surface area contributed by atoms with Crippen molar-refractivity contribution < 1.29 is 15.0 Å². The first-order valence-electron chi connectivity index (χ1n) is 16.0. The number of hydrogen-bond acceptors (Lipinski definition) is 3. The molecule has 2 unspecified atom stereocenters. The monoisotopic (exact) mass is 565 g/mol. The van der Waals surface area contributed by atoms with Gasteiger partial charge in [-0.1, -0.05) is 130 Å². The van der Waals surface area contributed by atoms with Crippen molar-refractivity contribution in [3.8, 4) is 0 Å². The molecule has 230 valence electrons.